The molecule has 0 unspecified atom stereocenters. The predicted octanol–water partition coefficient (Wildman–Crippen LogP) is 2.99. The number of ether oxygens (including phenoxy) is 1. The number of hydrogen-bond donors (Lipinski definition) is 0. The summed E-state index contributed by atoms with van der Waals surface area (Å²) in [5, 5.41) is 4.08. The fourth-order valence-corrected chi connectivity index (χ4v) is 3.14. The molecule has 0 atom stereocenters. The molecule has 0 radical (unpaired) electrons. The van der Waals surface area contributed by atoms with Gasteiger partial charge in [-0.2, -0.15) is 4.98 Å². The van der Waals surface area contributed by atoms with Crippen LogP contribution in [0.2, 0.25) is 0 Å². The quantitative estimate of drug-likeness (QED) is 0.770. The number of benzene rings is 1. The molecule has 1 aliphatic heterocycles. The third-order valence-electron chi connectivity index (χ3n) is 4.34. The van der Waals surface area contributed by atoms with Crippen LogP contribution in [0.1, 0.15) is 32.5 Å². The second kappa shape index (κ2) is 8.34. The van der Waals surface area contributed by atoms with Gasteiger partial charge in [0.25, 0.3) is 0 Å². The van der Waals surface area contributed by atoms with Crippen LogP contribution in [0.4, 0.5) is 5.69 Å². The van der Waals surface area contributed by atoms with Crippen LogP contribution in [-0.2, 0) is 13.0 Å². The number of hydrogen-bond acceptors (Lipinski definition) is 6. The molecule has 1 saturated heterocycles. The zero-order valence-electron chi connectivity index (χ0n) is 15.4. The van der Waals surface area contributed by atoms with Gasteiger partial charge in [0.2, 0.25) is 5.89 Å². The molecule has 6 nitrogen and oxygen atoms in total. The van der Waals surface area contributed by atoms with E-state index in [1.165, 1.54) is 5.69 Å². The number of anilines is 1. The zero-order valence-corrected chi connectivity index (χ0v) is 15.4. The van der Waals surface area contributed by atoms with Crippen molar-refractivity contribution in [1.82, 2.24) is 15.0 Å². The van der Waals surface area contributed by atoms with Gasteiger partial charge in [-0.1, -0.05) is 31.1 Å². The van der Waals surface area contributed by atoms with Crippen molar-refractivity contribution in [2.24, 2.45) is 5.92 Å². The second-order valence-corrected chi connectivity index (χ2v) is 6.87. The van der Waals surface area contributed by atoms with Gasteiger partial charge in [0.05, 0.1) is 18.8 Å². The topological polar surface area (TPSA) is 54.6 Å². The Bertz CT molecular complexity index is 663. The Labute approximate surface area is 149 Å². The maximum Gasteiger partial charge on any atom is 0.240 e. The lowest BCUT2D eigenvalue weighted by atomic mass is 10.1. The van der Waals surface area contributed by atoms with Crippen LogP contribution in [0, 0.1) is 5.92 Å². The van der Waals surface area contributed by atoms with Gasteiger partial charge >= 0.3 is 0 Å². The highest BCUT2D eigenvalue weighted by Gasteiger charge is 2.21. The molecule has 136 valence electrons. The van der Waals surface area contributed by atoms with Crippen molar-refractivity contribution >= 4 is 5.69 Å². The number of piperazine rings is 1. The third-order valence-corrected chi connectivity index (χ3v) is 4.34. The van der Waals surface area contributed by atoms with E-state index >= 15 is 0 Å². The summed E-state index contributed by atoms with van der Waals surface area (Å²) < 4.78 is 11.2. The summed E-state index contributed by atoms with van der Waals surface area (Å²) in [6.45, 7) is 11.6. The molecule has 1 fully saturated rings. The van der Waals surface area contributed by atoms with Gasteiger partial charge < -0.3 is 14.2 Å². The Balaban J connectivity index is 1.54. The number of rotatable bonds is 7. The molecule has 0 N–H and O–H groups in total. The normalized spacial score (nSPS) is 15.8. The van der Waals surface area contributed by atoms with Gasteiger partial charge in [-0.05, 0) is 25.0 Å². The molecule has 2 heterocycles. The highest BCUT2D eigenvalue weighted by molar-refractivity contribution is 5.58. The van der Waals surface area contributed by atoms with E-state index in [-0.39, 0.29) is 0 Å². The number of aromatic nitrogens is 2. The molecule has 1 aromatic carbocycles. The highest BCUT2D eigenvalue weighted by atomic mass is 16.5. The zero-order chi connectivity index (χ0) is 17.6. The smallest absolute Gasteiger partial charge is 0.240 e. The molecular weight excluding hydrogens is 316 g/mol. The van der Waals surface area contributed by atoms with E-state index in [2.05, 4.69) is 45.9 Å². The molecule has 0 spiro atoms. The average Bonchev–Trinajstić information content (AvgIpc) is 3.03. The Morgan fingerprint density at radius 3 is 2.64 bits per heavy atom. The van der Waals surface area contributed by atoms with Crippen LogP contribution in [0.15, 0.2) is 28.8 Å². The molecule has 1 aliphatic rings. The molecule has 1 aromatic heterocycles. The van der Waals surface area contributed by atoms with Crippen molar-refractivity contribution in [3.05, 3.63) is 36.0 Å². The van der Waals surface area contributed by atoms with Crippen LogP contribution in [-0.4, -0.2) is 47.8 Å². The van der Waals surface area contributed by atoms with Crippen LogP contribution >= 0.6 is 0 Å². The molecule has 25 heavy (non-hydrogen) atoms. The van der Waals surface area contributed by atoms with Gasteiger partial charge in [-0.25, -0.2) is 0 Å². The van der Waals surface area contributed by atoms with E-state index < -0.39 is 0 Å². The summed E-state index contributed by atoms with van der Waals surface area (Å²) in [6, 6.07) is 8.27. The molecule has 0 aliphatic carbocycles. The maximum absolute atomic E-state index is 5.76. The predicted molar refractivity (Wildman–Crippen MR) is 97.9 cm³/mol. The summed E-state index contributed by atoms with van der Waals surface area (Å²) in [5.41, 5.74) is 1.18. The van der Waals surface area contributed by atoms with E-state index in [0.29, 0.717) is 12.5 Å². The standard InChI is InChI=1S/C19H28N4O2/c1-4-24-17-8-6-5-7-16(17)23-11-9-22(10-12-23)14-19-20-18(21-25-19)13-15(2)3/h5-8,15H,4,9-14H2,1-3H3. The van der Waals surface area contributed by atoms with E-state index in [1.54, 1.807) is 0 Å². The third kappa shape index (κ3) is 4.72. The van der Waals surface area contributed by atoms with E-state index in [0.717, 1.165) is 56.6 Å². The first-order valence-electron chi connectivity index (χ1n) is 9.16. The molecule has 6 heteroatoms. The van der Waals surface area contributed by atoms with Crippen molar-refractivity contribution in [2.75, 3.05) is 37.7 Å². The van der Waals surface area contributed by atoms with Crippen molar-refractivity contribution < 1.29 is 9.26 Å². The molecule has 0 saturated carbocycles. The first kappa shape index (κ1) is 17.7. The lowest BCUT2D eigenvalue weighted by Crippen LogP contribution is -2.46. The summed E-state index contributed by atoms with van der Waals surface area (Å²) in [5.74, 6) is 3.04. The first-order valence-corrected chi connectivity index (χ1v) is 9.16. The highest BCUT2D eigenvalue weighted by Crippen LogP contribution is 2.28. The van der Waals surface area contributed by atoms with E-state index in [1.807, 2.05) is 19.1 Å². The lowest BCUT2D eigenvalue weighted by Gasteiger charge is -2.36. The Hall–Kier alpha value is -2.08. The van der Waals surface area contributed by atoms with Crippen LogP contribution in [0.25, 0.3) is 0 Å². The van der Waals surface area contributed by atoms with Gasteiger partial charge in [-0.15, -0.1) is 0 Å². The second-order valence-electron chi connectivity index (χ2n) is 6.87. The lowest BCUT2D eigenvalue weighted by molar-refractivity contribution is 0.214. The van der Waals surface area contributed by atoms with Gasteiger partial charge in [0.15, 0.2) is 5.82 Å². The Kier molecular flexibility index (Phi) is 5.91. The summed E-state index contributed by atoms with van der Waals surface area (Å²) in [7, 11) is 0. The fourth-order valence-electron chi connectivity index (χ4n) is 3.14. The molecular formula is C19H28N4O2. The summed E-state index contributed by atoms with van der Waals surface area (Å²) in [6.07, 6.45) is 0.867. The molecule has 0 amide bonds. The van der Waals surface area contributed by atoms with Crippen molar-refractivity contribution in [3.8, 4) is 5.75 Å². The Morgan fingerprint density at radius 2 is 1.92 bits per heavy atom. The van der Waals surface area contributed by atoms with E-state index in [4.69, 9.17) is 9.26 Å². The minimum absolute atomic E-state index is 0.541. The SMILES string of the molecule is CCOc1ccccc1N1CCN(Cc2nc(CC(C)C)no2)CC1. The largest absolute Gasteiger partial charge is 0.492 e. The van der Waals surface area contributed by atoms with Crippen LogP contribution in [0.3, 0.4) is 0 Å². The molecule has 0 bridgehead atoms. The monoisotopic (exact) mass is 344 g/mol. The number of para-hydroxylation sites is 2. The molecule has 2 aromatic rings. The van der Waals surface area contributed by atoms with E-state index in [9.17, 15) is 0 Å². The molecule has 3 rings (SSSR count). The van der Waals surface area contributed by atoms with Gasteiger partial charge in [0, 0.05) is 32.6 Å². The van der Waals surface area contributed by atoms with Crippen LogP contribution < -0.4 is 9.64 Å². The summed E-state index contributed by atoms with van der Waals surface area (Å²) in [4.78, 5) is 9.26. The first-order chi connectivity index (χ1) is 12.2. The van der Waals surface area contributed by atoms with Gasteiger partial charge in [0.1, 0.15) is 5.75 Å². The maximum atomic E-state index is 5.76. The summed E-state index contributed by atoms with van der Waals surface area (Å²) >= 11 is 0. The fraction of sp³-hybridized carbons (Fsp3) is 0.579. The number of nitrogens with zero attached hydrogens (tertiary/aromatic N) is 4. The van der Waals surface area contributed by atoms with Gasteiger partial charge in [-0.3, -0.25) is 4.90 Å². The van der Waals surface area contributed by atoms with Crippen molar-refractivity contribution in [2.45, 2.75) is 33.7 Å². The minimum atomic E-state index is 0.541. The van der Waals surface area contributed by atoms with Crippen LogP contribution in [0.5, 0.6) is 5.75 Å². The Morgan fingerprint density at radius 1 is 1.16 bits per heavy atom. The van der Waals surface area contributed by atoms with Crippen molar-refractivity contribution in [1.29, 1.82) is 0 Å². The average molecular weight is 344 g/mol. The minimum Gasteiger partial charge on any atom is -0.492 e. The van der Waals surface area contributed by atoms with Crippen molar-refractivity contribution in [3.63, 3.8) is 0 Å².